The summed E-state index contributed by atoms with van der Waals surface area (Å²) in [6.07, 6.45) is 1.41. The lowest BCUT2D eigenvalue weighted by atomic mass is 10.2. The molecule has 2 aromatic rings. The van der Waals surface area contributed by atoms with Crippen LogP contribution in [0.5, 0.6) is 0 Å². The first-order valence-electron chi connectivity index (χ1n) is 21.0. The first-order valence-corrected chi connectivity index (χ1v) is 46.7. The van der Waals surface area contributed by atoms with Crippen molar-refractivity contribution in [2.75, 3.05) is 35.5 Å². The summed E-state index contributed by atoms with van der Waals surface area (Å²) in [7, 11) is -15.2. The Morgan fingerprint density at radius 1 is 0.394 bits per heavy atom. The van der Waals surface area contributed by atoms with Crippen LogP contribution in [0, 0.1) is 0 Å². The highest BCUT2D eigenvalue weighted by Gasteiger charge is 2.56. The second-order valence-corrected chi connectivity index (χ2v) is 53.3. The first kappa shape index (κ1) is 66.3. The van der Waals surface area contributed by atoms with Gasteiger partial charge in [0.05, 0.1) is 24.1 Å². The summed E-state index contributed by atoms with van der Waals surface area (Å²) in [6.45, 7) is 29.5. The van der Waals surface area contributed by atoms with Gasteiger partial charge >= 0.3 is 44.0 Å². The molecular formula is C36H80O19S2Si9. The topological polar surface area (TPSA) is 219 Å². The lowest BCUT2D eigenvalue weighted by molar-refractivity contribution is -0.432. The second-order valence-electron chi connectivity index (χ2n) is 18.8. The molecule has 0 saturated carbocycles. The third-order valence-corrected chi connectivity index (χ3v) is 35.4. The Hall–Kier alpha value is 0.332. The lowest BCUT2D eigenvalue weighted by Crippen LogP contribution is -2.64. The average molecular weight is 1130 g/mol. The van der Waals surface area contributed by atoms with Crippen LogP contribution in [-0.2, 0) is 78.4 Å². The van der Waals surface area contributed by atoms with Crippen LogP contribution in [0.1, 0.15) is 11.1 Å². The third-order valence-electron chi connectivity index (χ3n) is 7.86. The molecule has 0 aliphatic carbocycles. The fraction of sp³-hybridized carbons (Fsp3) is 0.667. The molecule has 0 aliphatic rings. The number of benzene rings is 2. The van der Waals surface area contributed by atoms with E-state index >= 15 is 0 Å². The molecule has 0 heterocycles. The van der Waals surface area contributed by atoms with E-state index in [1.54, 1.807) is 55.2 Å². The Kier molecular flexibility index (Phi) is 29.9. The minimum absolute atomic E-state index is 0.475. The van der Waals surface area contributed by atoms with Crippen LogP contribution in [-0.4, -0.2) is 133 Å². The molecule has 0 aromatic heterocycles. The van der Waals surface area contributed by atoms with Gasteiger partial charge in [-0.05, 0) is 127 Å². The number of aryl methyl sites for hydroxylation is 2. The highest BCUT2D eigenvalue weighted by atomic mass is 32.2. The van der Waals surface area contributed by atoms with Crippen molar-refractivity contribution in [2.45, 2.75) is 133 Å². The van der Waals surface area contributed by atoms with Crippen LogP contribution in [0.2, 0.25) is 110 Å². The Balaban J connectivity index is 0.00000110. The quantitative estimate of drug-likeness (QED) is 0.0258. The van der Waals surface area contributed by atoms with Gasteiger partial charge in [-0.3, -0.25) is 0 Å². The van der Waals surface area contributed by atoms with Crippen molar-refractivity contribution in [1.29, 1.82) is 0 Å². The first-order chi connectivity index (χ1) is 30.1. The summed E-state index contributed by atoms with van der Waals surface area (Å²) >= 11 is 1.82. The molecule has 2 atom stereocenters. The fourth-order valence-electron chi connectivity index (χ4n) is 6.10. The van der Waals surface area contributed by atoms with Gasteiger partial charge in [-0.1, -0.05) is 34.3 Å². The molecule has 19 nitrogen and oxygen atoms in total. The predicted octanol–water partition coefficient (Wildman–Crippen LogP) is 9.54. The van der Waals surface area contributed by atoms with E-state index in [0.717, 1.165) is 51.4 Å². The highest BCUT2D eigenvalue weighted by Crippen LogP contribution is 2.30. The highest BCUT2D eigenvalue weighted by molar-refractivity contribution is 7.94. The Labute approximate surface area is 412 Å². The largest absolute Gasteiger partial charge is 0.500 e. The van der Waals surface area contributed by atoms with E-state index in [2.05, 4.69) is 58.0 Å². The van der Waals surface area contributed by atoms with Crippen LogP contribution in [0.3, 0.4) is 0 Å². The second kappa shape index (κ2) is 29.8. The SMILES string of the molecule is CO[Si](CCc1ccc(SOOO)cc1)(OC)OC.CO[Si](CCc1ccc(SOOO)cc1)(OC)O[Si](C)(O[Si](C)(C)C)O[Si](C)(O)O[Si](C)(C)C.C[Si](C)(C)O[Si](C)(O)O[Si](C)(C)C. The standard InChI is InChI=1S/C18H40O10SSi5.C11H18O6SSi.C7H22O3Si3/c1-21-34(22-2,16-15-17-11-13-18(14-12-17)29-24-23-19)28-33(10,26-31(6,7)8)27-32(9,20)25-30(3,4)5;1-13-19(14-2,15-3)9-8-10-4-6-11(7-5-10)18-17-16-12;1-11(2,3)9-13(7,8)10-12(4,5)6/h11-14,19-20H,15-16H2,1-10H3;4-7,12H,8-9H2,1-3H3;8H,1-7H3. The molecular weight excluding hydrogens is 1050 g/mol. The van der Waals surface area contributed by atoms with Crippen LogP contribution in [0.25, 0.3) is 0 Å². The van der Waals surface area contributed by atoms with Gasteiger partial charge in [0.2, 0.25) is 0 Å². The molecule has 2 aromatic carbocycles. The monoisotopic (exact) mass is 1130 g/mol. The maximum Gasteiger partial charge on any atom is 0.500 e. The minimum atomic E-state index is -3.54. The molecule has 2 rings (SSSR count). The van der Waals surface area contributed by atoms with E-state index < -0.39 is 77.3 Å². The Morgan fingerprint density at radius 3 is 0.955 bits per heavy atom. The molecule has 2 unspecified atom stereocenters. The van der Waals surface area contributed by atoms with Gasteiger partial charge in [-0.15, -0.1) is 8.67 Å². The molecule has 386 valence electrons. The van der Waals surface area contributed by atoms with Gasteiger partial charge in [0, 0.05) is 77.1 Å². The molecule has 30 heteroatoms. The van der Waals surface area contributed by atoms with Gasteiger partial charge in [-0.25, -0.2) is 10.5 Å². The molecule has 66 heavy (non-hydrogen) atoms. The van der Waals surface area contributed by atoms with Gasteiger partial charge < -0.3 is 56.4 Å². The minimum Gasteiger partial charge on any atom is -0.417 e. The maximum atomic E-state index is 11.0. The zero-order chi connectivity index (χ0) is 51.3. The molecule has 0 radical (unpaired) electrons. The summed E-state index contributed by atoms with van der Waals surface area (Å²) < 4.78 is 72.9. The number of hydrogen-bond donors (Lipinski definition) is 4. The van der Waals surface area contributed by atoms with Crippen molar-refractivity contribution in [3.63, 3.8) is 0 Å². The smallest absolute Gasteiger partial charge is 0.417 e. The molecule has 0 fully saturated rings. The summed E-state index contributed by atoms with van der Waals surface area (Å²) in [6, 6.07) is 16.4. The van der Waals surface area contributed by atoms with Crippen molar-refractivity contribution < 1.29 is 85.7 Å². The van der Waals surface area contributed by atoms with E-state index in [1.165, 1.54) is 0 Å². The Bertz CT molecular complexity index is 1580. The summed E-state index contributed by atoms with van der Waals surface area (Å²) in [5.41, 5.74) is 2.17. The zero-order valence-corrected chi connectivity index (χ0v) is 53.3. The third kappa shape index (κ3) is 30.9. The molecule has 4 N–H and O–H groups in total. The lowest BCUT2D eigenvalue weighted by Gasteiger charge is -2.42. The maximum absolute atomic E-state index is 11.0. The zero-order valence-electron chi connectivity index (χ0n) is 42.7. The molecule has 0 aliphatic heterocycles. The normalized spacial score (nSPS) is 15.0. The molecule has 0 amide bonds. The van der Waals surface area contributed by atoms with Crippen LogP contribution >= 0.6 is 24.1 Å². The van der Waals surface area contributed by atoms with Crippen molar-refractivity contribution in [3.05, 3.63) is 59.7 Å². The van der Waals surface area contributed by atoms with Crippen LogP contribution < -0.4 is 0 Å². The van der Waals surface area contributed by atoms with E-state index in [1.807, 2.05) is 87.8 Å². The summed E-state index contributed by atoms with van der Waals surface area (Å²) in [5, 5.41) is 23.5. The van der Waals surface area contributed by atoms with E-state index in [0.29, 0.717) is 18.5 Å². The van der Waals surface area contributed by atoms with E-state index in [4.69, 9.17) is 57.3 Å². The molecule has 0 saturated heterocycles. The van der Waals surface area contributed by atoms with Gasteiger partial charge in [0.1, 0.15) is 0 Å². The summed E-state index contributed by atoms with van der Waals surface area (Å²) in [5.74, 6) is 0. The van der Waals surface area contributed by atoms with Crippen molar-refractivity contribution in [3.8, 4) is 0 Å². The number of hydrogen-bond acceptors (Lipinski definition) is 21. The fourth-order valence-corrected chi connectivity index (χ4v) is 36.6. The van der Waals surface area contributed by atoms with Crippen LogP contribution in [0.4, 0.5) is 0 Å². The van der Waals surface area contributed by atoms with Crippen molar-refractivity contribution in [2.24, 2.45) is 0 Å². The summed E-state index contributed by atoms with van der Waals surface area (Å²) in [4.78, 5) is 22.6. The number of rotatable bonds is 29. The van der Waals surface area contributed by atoms with Crippen molar-refractivity contribution in [1.82, 2.24) is 0 Å². The molecule has 0 bridgehead atoms. The van der Waals surface area contributed by atoms with E-state index in [-0.39, 0.29) is 0 Å². The molecule has 0 spiro atoms. The van der Waals surface area contributed by atoms with Gasteiger partial charge in [0.25, 0.3) is 0 Å². The van der Waals surface area contributed by atoms with Crippen LogP contribution in [0.15, 0.2) is 58.3 Å². The van der Waals surface area contributed by atoms with Crippen molar-refractivity contribution >= 4 is 101 Å². The van der Waals surface area contributed by atoms with Gasteiger partial charge in [-0.2, -0.15) is 0 Å². The predicted molar refractivity (Wildman–Crippen MR) is 277 cm³/mol. The Morgan fingerprint density at radius 2 is 0.682 bits per heavy atom. The van der Waals surface area contributed by atoms with E-state index in [9.17, 15) is 9.59 Å². The average Bonchev–Trinajstić information content (AvgIpc) is 3.16. The van der Waals surface area contributed by atoms with Gasteiger partial charge in [0.15, 0.2) is 33.3 Å².